The summed E-state index contributed by atoms with van der Waals surface area (Å²) >= 11 is 0. The lowest BCUT2D eigenvalue weighted by molar-refractivity contribution is 0.0938. The van der Waals surface area contributed by atoms with Crippen LogP contribution in [0.1, 0.15) is 24.2 Å². The maximum Gasteiger partial charge on any atom is 0.251 e. The maximum atomic E-state index is 11.8. The van der Waals surface area contributed by atoms with E-state index < -0.39 is 0 Å². The standard InChI is InChI=1S/C13H20N2O2/c1-13(2,8-14)9-15-12(16)10-4-6-11(17-3)7-5-10/h4-7H,8-9,14H2,1-3H3,(H,15,16). The molecule has 4 nitrogen and oxygen atoms in total. The molecule has 0 aliphatic carbocycles. The highest BCUT2D eigenvalue weighted by Crippen LogP contribution is 2.13. The lowest BCUT2D eigenvalue weighted by Crippen LogP contribution is -2.38. The Kier molecular flexibility index (Phi) is 4.52. The summed E-state index contributed by atoms with van der Waals surface area (Å²) < 4.78 is 5.03. The van der Waals surface area contributed by atoms with Crippen LogP contribution in [0, 0.1) is 5.41 Å². The number of carbonyl (C=O) groups is 1. The van der Waals surface area contributed by atoms with Gasteiger partial charge in [0.15, 0.2) is 0 Å². The number of hydrogen-bond donors (Lipinski definition) is 2. The van der Waals surface area contributed by atoms with Crippen LogP contribution in [-0.2, 0) is 0 Å². The molecule has 0 saturated carbocycles. The van der Waals surface area contributed by atoms with E-state index in [4.69, 9.17) is 10.5 Å². The Morgan fingerprint density at radius 2 is 1.94 bits per heavy atom. The zero-order valence-corrected chi connectivity index (χ0v) is 10.6. The maximum absolute atomic E-state index is 11.8. The third-order valence-electron chi connectivity index (χ3n) is 2.63. The van der Waals surface area contributed by atoms with E-state index in [1.807, 2.05) is 13.8 Å². The molecule has 0 heterocycles. The molecular formula is C13H20N2O2. The average Bonchev–Trinajstić information content (AvgIpc) is 2.36. The lowest BCUT2D eigenvalue weighted by Gasteiger charge is -2.22. The minimum Gasteiger partial charge on any atom is -0.497 e. The van der Waals surface area contributed by atoms with Crippen molar-refractivity contribution in [3.63, 3.8) is 0 Å². The Bertz CT molecular complexity index is 372. The molecule has 0 saturated heterocycles. The first-order valence-corrected chi connectivity index (χ1v) is 5.61. The molecule has 0 atom stereocenters. The van der Waals surface area contributed by atoms with E-state index in [9.17, 15) is 4.79 Å². The van der Waals surface area contributed by atoms with E-state index in [1.54, 1.807) is 31.4 Å². The van der Waals surface area contributed by atoms with Crippen molar-refractivity contribution in [3.05, 3.63) is 29.8 Å². The highest BCUT2D eigenvalue weighted by atomic mass is 16.5. The second kappa shape index (κ2) is 5.68. The number of rotatable bonds is 5. The molecule has 1 aromatic rings. The molecule has 0 aliphatic rings. The highest BCUT2D eigenvalue weighted by molar-refractivity contribution is 5.94. The third-order valence-corrected chi connectivity index (χ3v) is 2.63. The van der Waals surface area contributed by atoms with Gasteiger partial charge in [-0.05, 0) is 36.2 Å². The summed E-state index contributed by atoms with van der Waals surface area (Å²) in [4.78, 5) is 11.8. The van der Waals surface area contributed by atoms with Crippen molar-refractivity contribution in [2.45, 2.75) is 13.8 Å². The first-order valence-electron chi connectivity index (χ1n) is 5.61. The van der Waals surface area contributed by atoms with E-state index in [2.05, 4.69) is 5.32 Å². The lowest BCUT2D eigenvalue weighted by atomic mass is 9.94. The summed E-state index contributed by atoms with van der Waals surface area (Å²) in [5.74, 6) is 0.651. The quantitative estimate of drug-likeness (QED) is 0.812. The summed E-state index contributed by atoms with van der Waals surface area (Å²) in [6.45, 7) is 5.13. The third kappa shape index (κ3) is 4.07. The fourth-order valence-electron chi connectivity index (χ4n) is 1.24. The number of hydrogen-bond acceptors (Lipinski definition) is 3. The van der Waals surface area contributed by atoms with Gasteiger partial charge in [0.05, 0.1) is 7.11 Å². The van der Waals surface area contributed by atoms with Crippen molar-refractivity contribution in [2.24, 2.45) is 11.1 Å². The fraction of sp³-hybridized carbons (Fsp3) is 0.462. The van der Waals surface area contributed by atoms with Crippen molar-refractivity contribution >= 4 is 5.91 Å². The van der Waals surface area contributed by atoms with Gasteiger partial charge in [-0.15, -0.1) is 0 Å². The molecule has 0 unspecified atom stereocenters. The molecule has 0 fully saturated rings. The molecule has 0 aliphatic heterocycles. The predicted octanol–water partition coefficient (Wildman–Crippen LogP) is 1.41. The van der Waals surface area contributed by atoms with Gasteiger partial charge < -0.3 is 15.8 Å². The molecule has 17 heavy (non-hydrogen) atoms. The van der Waals surface area contributed by atoms with E-state index in [-0.39, 0.29) is 11.3 Å². The SMILES string of the molecule is COc1ccc(C(=O)NCC(C)(C)CN)cc1. The Morgan fingerprint density at radius 3 is 2.41 bits per heavy atom. The number of benzene rings is 1. The summed E-state index contributed by atoms with van der Waals surface area (Å²) in [5.41, 5.74) is 6.14. The van der Waals surface area contributed by atoms with Crippen LogP contribution in [0.3, 0.4) is 0 Å². The van der Waals surface area contributed by atoms with Crippen LogP contribution < -0.4 is 15.8 Å². The normalized spacial score (nSPS) is 11.1. The van der Waals surface area contributed by atoms with Gasteiger partial charge in [-0.1, -0.05) is 13.8 Å². The molecule has 1 aromatic carbocycles. The van der Waals surface area contributed by atoms with E-state index in [1.165, 1.54) is 0 Å². The van der Waals surface area contributed by atoms with Crippen LogP contribution in [-0.4, -0.2) is 26.1 Å². The number of nitrogens with one attached hydrogen (secondary N) is 1. The van der Waals surface area contributed by atoms with Crippen LogP contribution in [0.15, 0.2) is 24.3 Å². The smallest absolute Gasteiger partial charge is 0.251 e. The molecule has 0 aromatic heterocycles. The predicted molar refractivity (Wildman–Crippen MR) is 68.2 cm³/mol. The minimum absolute atomic E-state index is 0.0812. The molecule has 3 N–H and O–H groups in total. The summed E-state index contributed by atoms with van der Waals surface area (Å²) in [5, 5.41) is 2.87. The molecule has 1 amide bonds. The zero-order valence-electron chi connectivity index (χ0n) is 10.6. The van der Waals surface area contributed by atoms with Gasteiger partial charge in [0.25, 0.3) is 5.91 Å². The molecule has 4 heteroatoms. The van der Waals surface area contributed by atoms with Crippen molar-refractivity contribution in [2.75, 3.05) is 20.2 Å². The monoisotopic (exact) mass is 236 g/mol. The largest absolute Gasteiger partial charge is 0.497 e. The number of amides is 1. The van der Waals surface area contributed by atoms with Crippen LogP contribution in [0.5, 0.6) is 5.75 Å². The van der Waals surface area contributed by atoms with E-state index >= 15 is 0 Å². The fourth-order valence-corrected chi connectivity index (χ4v) is 1.24. The van der Waals surface area contributed by atoms with Crippen molar-refractivity contribution in [3.8, 4) is 5.75 Å². The number of nitrogens with two attached hydrogens (primary N) is 1. The van der Waals surface area contributed by atoms with Crippen molar-refractivity contribution in [1.29, 1.82) is 0 Å². The van der Waals surface area contributed by atoms with Crippen molar-refractivity contribution < 1.29 is 9.53 Å². The van der Waals surface area contributed by atoms with Crippen LogP contribution in [0.25, 0.3) is 0 Å². The molecular weight excluding hydrogens is 216 g/mol. The Hall–Kier alpha value is -1.55. The zero-order chi connectivity index (χ0) is 12.9. The number of methoxy groups -OCH3 is 1. The number of ether oxygens (including phenoxy) is 1. The minimum atomic E-state index is -0.0887. The molecule has 0 radical (unpaired) electrons. The van der Waals surface area contributed by atoms with E-state index in [0.717, 1.165) is 5.75 Å². The summed E-state index contributed by atoms with van der Waals surface area (Å²) in [7, 11) is 1.60. The summed E-state index contributed by atoms with van der Waals surface area (Å²) in [6, 6.07) is 7.01. The Morgan fingerprint density at radius 1 is 1.35 bits per heavy atom. The van der Waals surface area contributed by atoms with Crippen molar-refractivity contribution in [1.82, 2.24) is 5.32 Å². The van der Waals surface area contributed by atoms with E-state index in [0.29, 0.717) is 18.7 Å². The Balaban J connectivity index is 2.58. The molecule has 1 rings (SSSR count). The van der Waals surface area contributed by atoms with Gasteiger partial charge in [0, 0.05) is 12.1 Å². The van der Waals surface area contributed by atoms with Gasteiger partial charge in [-0.2, -0.15) is 0 Å². The summed E-state index contributed by atoms with van der Waals surface area (Å²) in [6.07, 6.45) is 0. The highest BCUT2D eigenvalue weighted by Gasteiger charge is 2.17. The molecule has 0 spiro atoms. The van der Waals surface area contributed by atoms with Gasteiger partial charge >= 0.3 is 0 Å². The first kappa shape index (κ1) is 13.5. The first-order chi connectivity index (χ1) is 7.98. The van der Waals surface area contributed by atoms with Gasteiger partial charge in [0.1, 0.15) is 5.75 Å². The Labute approximate surface area is 102 Å². The average molecular weight is 236 g/mol. The van der Waals surface area contributed by atoms with Gasteiger partial charge in [-0.25, -0.2) is 0 Å². The van der Waals surface area contributed by atoms with Crippen LogP contribution >= 0.6 is 0 Å². The number of carbonyl (C=O) groups excluding carboxylic acids is 1. The van der Waals surface area contributed by atoms with Crippen LogP contribution in [0.2, 0.25) is 0 Å². The van der Waals surface area contributed by atoms with Gasteiger partial charge in [0.2, 0.25) is 0 Å². The molecule has 0 bridgehead atoms. The topological polar surface area (TPSA) is 64.3 Å². The molecule has 94 valence electrons. The second-order valence-electron chi connectivity index (χ2n) is 4.78. The van der Waals surface area contributed by atoms with Crippen LogP contribution in [0.4, 0.5) is 0 Å². The van der Waals surface area contributed by atoms with Gasteiger partial charge in [-0.3, -0.25) is 4.79 Å². The second-order valence-corrected chi connectivity index (χ2v) is 4.78.